The van der Waals surface area contributed by atoms with Gasteiger partial charge in [0.15, 0.2) is 0 Å². The van der Waals surface area contributed by atoms with E-state index in [4.69, 9.17) is 0 Å². The second-order valence-corrected chi connectivity index (χ2v) is 2.35. The second kappa shape index (κ2) is 4.61. The van der Waals surface area contributed by atoms with E-state index in [2.05, 4.69) is 21.2 Å². The number of alkyl halides is 1. The van der Waals surface area contributed by atoms with Crippen LogP contribution in [0.3, 0.4) is 0 Å². The average molecular weight is 194 g/mol. The average Bonchev–Trinajstić information content (AvgIpc) is 1.82. The van der Waals surface area contributed by atoms with Crippen LogP contribution in [0, 0.1) is 6.54 Å². The molecule has 53 valence electrons. The first kappa shape index (κ1) is 8.75. The van der Waals surface area contributed by atoms with E-state index < -0.39 is 0 Å². The van der Waals surface area contributed by atoms with Crippen molar-refractivity contribution in [1.29, 1.82) is 0 Å². The van der Waals surface area contributed by atoms with Gasteiger partial charge < -0.3 is 10.2 Å². The van der Waals surface area contributed by atoms with E-state index in [1.165, 1.54) is 4.90 Å². The zero-order valence-electron chi connectivity index (χ0n) is 5.52. The summed E-state index contributed by atoms with van der Waals surface area (Å²) in [4.78, 5) is 12.1. The molecule has 1 N–H and O–H groups in total. The molecule has 0 spiro atoms. The summed E-state index contributed by atoms with van der Waals surface area (Å²) in [5.74, 6) is 0. The fourth-order valence-corrected chi connectivity index (χ4v) is 0.417. The lowest BCUT2D eigenvalue weighted by Gasteiger charge is -2.09. The maximum Gasteiger partial charge on any atom is 0.317 e. The standard InChI is InChI=1S/C5H10BrN2O/c1-8(2)5(9)7-4-3-6/h4H,3H2,1-2H3,(H,7,9). The Bertz CT molecular complexity index is 95.0. The molecule has 0 fully saturated rings. The zero-order valence-corrected chi connectivity index (χ0v) is 7.10. The molecule has 0 aliphatic carbocycles. The van der Waals surface area contributed by atoms with Gasteiger partial charge in [0.2, 0.25) is 0 Å². The number of urea groups is 1. The molecule has 0 saturated heterocycles. The summed E-state index contributed by atoms with van der Waals surface area (Å²) in [5.41, 5.74) is 0. The van der Waals surface area contributed by atoms with E-state index in [9.17, 15) is 4.79 Å². The van der Waals surface area contributed by atoms with Gasteiger partial charge in [0.25, 0.3) is 0 Å². The highest BCUT2D eigenvalue weighted by atomic mass is 79.9. The number of nitrogens with zero attached hydrogens (tertiary/aromatic N) is 1. The van der Waals surface area contributed by atoms with E-state index in [1.807, 2.05) is 0 Å². The minimum atomic E-state index is -0.102. The van der Waals surface area contributed by atoms with Crippen molar-refractivity contribution in [2.24, 2.45) is 0 Å². The van der Waals surface area contributed by atoms with Gasteiger partial charge in [-0.25, -0.2) is 4.79 Å². The highest BCUT2D eigenvalue weighted by Gasteiger charge is 1.98. The third-order valence-corrected chi connectivity index (χ3v) is 1.03. The van der Waals surface area contributed by atoms with Gasteiger partial charge in [0, 0.05) is 19.4 Å². The first-order valence-electron chi connectivity index (χ1n) is 2.54. The van der Waals surface area contributed by atoms with E-state index in [-0.39, 0.29) is 6.03 Å². The number of carbonyl (C=O) groups is 1. The minimum Gasteiger partial charge on any atom is -0.332 e. The largest absolute Gasteiger partial charge is 0.332 e. The van der Waals surface area contributed by atoms with Crippen molar-refractivity contribution in [3.8, 4) is 0 Å². The second-order valence-electron chi connectivity index (χ2n) is 1.70. The first-order valence-corrected chi connectivity index (χ1v) is 3.66. The van der Waals surface area contributed by atoms with Gasteiger partial charge in [0.1, 0.15) is 0 Å². The monoisotopic (exact) mass is 193 g/mol. The predicted octanol–water partition coefficient (Wildman–Crippen LogP) is 0.814. The molecule has 0 rings (SSSR count). The van der Waals surface area contributed by atoms with Gasteiger partial charge >= 0.3 is 6.03 Å². The predicted molar refractivity (Wildman–Crippen MR) is 40.3 cm³/mol. The van der Waals surface area contributed by atoms with Crippen molar-refractivity contribution < 1.29 is 4.79 Å². The number of hydrogen-bond acceptors (Lipinski definition) is 1. The molecule has 1 radical (unpaired) electrons. The summed E-state index contributed by atoms with van der Waals surface area (Å²) in [5, 5.41) is 3.22. The highest BCUT2D eigenvalue weighted by molar-refractivity contribution is 9.09. The molecule has 3 nitrogen and oxygen atoms in total. The van der Waals surface area contributed by atoms with Crippen LogP contribution in [0.5, 0.6) is 0 Å². The maximum atomic E-state index is 10.7. The molecule has 9 heavy (non-hydrogen) atoms. The fourth-order valence-electron chi connectivity index (χ4n) is 0.255. The van der Waals surface area contributed by atoms with Gasteiger partial charge in [-0.3, -0.25) is 0 Å². The molecule has 0 aliphatic heterocycles. The van der Waals surface area contributed by atoms with Crippen LogP contribution in [0.1, 0.15) is 0 Å². The van der Waals surface area contributed by atoms with Crippen LogP contribution in [0.25, 0.3) is 0 Å². The molecule has 0 heterocycles. The third kappa shape index (κ3) is 4.27. The van der Waals surface area contributed by atoms with E-state index in [1.54, 1.807) is 20.6 Å². The van der Waals surface area contributed by atoms with Gasteiger partial charge in [-0.05, 0) is 0 Å². The number of rotatable bonds is 2. The molecule has 0 unspecified atom stereocenters. The highest BCUT2D eigenvalue weighted by Crippen LogP contribution is 1.83. The summed E-state index contributed by atoms with van der Waals surface area (Å²) < 4.78 is 0. The van der Waals surface area contributed by atoms with Gasteiger partial charge in [-0.15, -0.1) is 0 Å². The van der Waals surface area contributed by atoms with Crippen molar-refractivity contribution in [1.82, 2.24) is 10.2 Å². The van der Waals surface area contributed by atoms with E-state index >= 15 is 0 Å². The van der Waals surface area contributed by atoms with Gasteiger partial charge in [-0.1, -0.05) is 15.9 Å². The number of halogens is 1. The lowest BCUT2D eigenvalue weighted by atomic mass is 10.7. The Hall–Kier alpha value is -0.250. The van der Waals surface area contributed by atoms with Gasteiger partial charge in [0.05, 0.1) is 6.54 Å². The molecule has 4 heteroatoms. The molecule has 0 aromatic heterocycles. The SMILES string of the molecule is CN(C)C(=O)N[CH]CBr. The Morgan fingerprint density at radius 1 is 1.78 bits per heavy atom. The molecular formula is C5H10BrN2O. The fraction of sp³-hybridized carbons (Fsp3) is 0.600. The number of nitrogens with one attached hydrogen (secondary N) is 1. The topological polar surface area (TPSA) is 32.3 Å². The Morgan fingerprint density at radius 2 is 2.33 bits per heavy atom. The summed E-state index contributed by atoms with van der Waals surface area (Å²) in [7, 11) is 3.38. The van der Waals surface area contributed by atoms with E-state index in [0.29, 0.717) is 5.33 Å². The normalized spacial score (nSPS) is 8.78. The van der Waals surface area contributed by atoms with Crippen LogP contribution in [-0.2, 0) is 0 Å². The van der Waals surface area contributed by atoms with Crippen LogP contribution >= 0.6 is 15.9 Å². The summed E-state index contributed by atoms with van der Waals surface area (Å²) in [6, 6.07) is -0.102. The Kier molecular flexibility index (Phi) is 4.48. The molecule has 0 aliphatic rings. The van der Waals surface area contributed by atoms with Crippen LogP contribution < -0.4 is 5.32 Å². The lowest BCUT2D eigenvalue weighted by Crippen LogP contribution is -2.32. The summed E-state index contributed by atoms with van der Waals surface area (Å²) >= 11 is 3.14. The summed E-state index contributed by atoms with van der Waals surface area (Å²) in [6.07, 6.45) is 0. The van der Waals surface area contributed by atoms with Crippen LogP contribution in [0.15, 0.2) is 0 Å². The van der Waals surface area contributed by atoms with Crippen molar-refractivity contribution in [3.05, 3.63) is 6.54 Å². The Balaban J connectivity index is 3.28. The third-order valence-electron chi connectivity index (χ3n) is 0.709. The molecule has 0 atom stereocenters. The van der Waals surface area contributed by atoms with Crippen molar-refractivity contribution in [3.63, 3.8) is 0 Å². The number of amides is 2. The molecule has 2 amide bonds. The molecule has 0 bridgehead atoms. The van der Waals surface area contributed by atoms with E-state index in [0.717, 1.165) is 0 Å². The van der Waals surface area contributed by atoms with Crippen molar-refractivity contribution in [2.45, 2.75) is 0 Å². The molecular weight excluding hydrogens is 184 g/mol. The smallest absolute Gasteiger partial charge is 0.317 e. The maximum absolute atomic E-state index is 10.7. The minimum absolute atomic E-state index is 0.102. The van der Waals surface area contributed by atoms with Crippen LogP contribution in [0.4, 0.5) is 4.79 Å². The van der Waals surface area contributed by atoms with Crippen molar-refractivity contribution >= 4 is 22.0 Å². The Morgan fingerprint density at radius 3 is 2.67 bits per heavy atom. The van der Waals surface area contributed by atoms with Crippen LogP contribution in [0.2, 0.25) is 0 Å². The number of hydrogen-bond donors (Lipinski definition) is 1. The van der Waals surface area contributed by atoms with Gasteiger partial charge in [-0.2, -0.15) is 0 Å². The summed E-state index contributed by atoms with van der Waals surface area (Å²) in [6.45, 7) is 1.64. The quantitative estimate of drug-likeness (QED) is 0.648. The van der Waals surface area contributed by atoms with Crippen molar-refractivity contribution in [2.75, 3.05) is 19.4 Å². The molecule has 0 aromatic rings. The first-order chi connectivity index (χ1) is 4.18. The number of carbonyl (C=O) groups excluding carboxylic acids is 1. The molecule has 0 aromatic carbocycles. The molecule has 0 saturated carbocycles. The lowest BCUT2D eigenvalue weighted by molar-refractivity contribution is 0.220. The van der Waals surface area contributed by atoms with Crippen LogP contribution in [-0.4, -0.2) is 30.4 Å². The zero-order chi connectivity index (χ0) is 7.28. The Labute approximate surface area is 63.5 Å².